The Balaban J connectivity index is 1.55. The van der Waals surface area contributed by atoms with E-state index >= 15 is 0 Å². The second-order valence-corrected chi connectivity index (χ2v) is 9.10. The average Bonchev–Trinajstić information content (AvgIpc) is 3.19. The fraction of sp³-hybridized carbons (Fsp3) is 0.333. The van der Waals surface area contributed by atoms with Crippen LogP contribution in [-0.2, 0) is 14.3 Å². The summed E-state index contributed by atoms with van der Waals surface area (Å²) < 4.78 is 12.0. The summed E-state index contributed by atoms with van der Waals surface area (Å²) in [5, 5.41) is 6.54. The smallest absolute Gasteiger partial charge is 0.258 e. The Bertz CT molecular complexity index is 1180. The molecule has 176 valence electrons. The number of nitrogens with zero attached hydrogens (tertiary/aromatic N) is 1. The van der Waals surface area contributed by atoms with Gasteiger partial charge in [-0.15, -0.1) is 0 Å². The maximum atomic E-state index is 13.2. The summed E-state index contributed by atoms with van der Waals surface area (Å²) in [5.41, 5.74) is 4.02. The first-order valence-electron chi connectivity index (χ1n) is 11.8. The molecule has 1 amide bonds. The summed E-state index contributed by atoms with van der Waals surface area (Å²) in [6, 6.07) is 5.47. The third-order valence-electron chi connectivity index (χ3n) is 6.63. The number of allylic oxidation sites excluding steroid dienone is 4. The fourth-order valence-corrected chi connectivity index (χ4v) is 4.64. The molecule has 3 heterocycles. The van der Waals surface area contributed by atoms with Crippen LogP contribution >= 0.6 is 0 Å². The van der Waals surface area contributed by atoms with Crippen LogP contribution < -0.4 is 10.6 Å². The number of hydrogen-bond acceptors (Lipinski definition) is 6. The Labute approximate surface area is 199 Å². The van der Waals surface area contributed by atoms with Gasteiger partial charge in [0.25, 0.3) is 5.91 Å². The Morgan fingerprint density at radius 1 is 1.21 bits per heavy atom. The quantitative estimate of drug-likeness (QED) is 0.506. The number of ether oxygens (including phenoxy) is 2. The number of benzene rings is 1. The lowest BCUT2D eigenvalue weighted by Gasteiger charge is -2.32. The molecule has 0 radical (unpaired) electrons. The van der Waals surface area contributed by atoms with Gasteiger partial charge in [-0.2, -0.15) is 0 Å². The van der Waals surface area contributed by atoms with E-state index in [1.807, 2.05) is 12.2 Å². The molecule has 1 saturated heterocycles. The molecule has 4 aliphatic rings. The molecule has 7 heteroatoms. The lowest BCUT2D eigenvalue weighted by molar-refractivity contribution is -0.110. The number of rotatable bonds is 5. The van der Waals surface area contributed by atoms with Crippen molar-refractivity contribution in [3.8, 4) is 0 Å². The van der Waals surface area contributed by atoms with Crippen molar-refractivity contribution in [1.82, 2.24) is 10.2 Å². The van der Waals surface area contributed by atoms with Crippen LogP contribution in [0.3, 0.4) is 0 Å². The van der Waals surface area contributed by atoms with Crippen molar-refractivity contribution >= 4 is 23.0 Å². The highest BCUT2D eigenvalue weighted by molar-refractivity contribution is 6.32. The zero-order valence-electron chi connectivity index (χ0n) is 19.5. The van der Waals surface area contributed by atoms with Gasteiger partial charge in [0, 0.05) is 22.9 Å². The van der Waals surface area contributed by atoms with Crippen LogP contribution in [0.5, 0.6) is 0 Å². The molecule has 0 unspecified atom stereocenters. The van der Waals surface area contributed by atoms with Gasteiger partial charge in [-0.05, 0) is 76.5 Å². The third-order valence-corrected chi connectivity index (χ3v) is 6.63. The van der Waals surface area contributed by atoms with Gasteiger partial charge in [0.05, 0.1) is 11.3 Å². The maximum absolute atomic E-state index is 13.2. The predicted molar refractivity (Wildman–Crippen MR) is 130 cm³/mol. The molecule has 2 N–H and O–H groups in total. The van der Waals surface area contributed by atoms with Crippen molar-refractivity contribution in [2.75, 3.05) is 25.5 Å². The fourth-order valence-electron chi connectivity index (χ4n) is 4.64. The van der Waals surface area contributed by atoms with Crippen LogP contribution in [0.15, 0.2) is 71.7 Å². The standard InChI is InChI=1S/C27H29N3O4/c1-17(31)19-8-9-22-21(14-19)25(27(32)29-22)26(28-20-10-12-30(2)13-11-20)24-16-33-15-23(34-24)18-6-4-3-5-7-18/h3-4,6,8-9,14-16,20,28H,5,7,10-13H2,1-2H3,(H,29,32). The highest BCUT2D eigenvalue weighted by Gasteiger charge is 2.33. The van der Waals surface area contributed by atoms with Crippen LogP contribution in [0.25, 0.3) is 5.57 Å². The van der Waals surface area contributed by atoms with Gasteiger partial charge in [0.15, 0.2) is 17.3 Å². The Kier molecular flexibility index (Phi) is 6.11. The molecular weight excluding hydrogens is 430 g/mol. The number of anilines is 1. The molecule has 0 saturated carbocycles. The van der Waals surface area contributed by atoms with Crippen molar-refractivity contribution < 1.29 is 19.1 Å². The molecule has 5 rings (SSSR count). The molecule has 1 fully saturated rings. The van der Waals surface area contributed by atoms with E-state index in [2.05, 4.69) is 28.7 Å². The number of fused-ring (bicyclic) bond motifs is 1. The second-order valence-electron chi connectivity index (χ2n) is 9.10. The molecule has 0 bridgehead atoms. The minimum atomic E-state index is -0.230. The highest BCUT2D eigenvalue weighted by atomic mass is 16.5. The van der Waals surface area contributed by atoms with Crippen LogP contribution in [-0.4, -0.2) is 42.8 Å². The van der Waals surface area contributed by atoms with Crippen molar-refractivity contribution in [1.29, 1.82) is 0 Å². The van der Waals surface area contributed by atoms with Crippen molar-refractivity contribution in [3.63, 3.8) is 0 Å². The zero-order valence-corrected chi connectivity index (χ0v) is 19.5. The van der Waals surface area contributed by atoms with E-state index in [1.54, 1.807) is 24.5 Å². The van der Waals surface area contributed by atoms with E-state index in [9.17, 15) is 9.59 Å². The van der Waals surface area contributed by atoms with Gasteiger partial charge in [-0.25, -0.2) is 0 Å². The normalized spacial score (nSPS) is 21.9. The number of piperidine rings is 1. The monoisotopic (exact) mass is 459 g/mol. The third kappa shape index (κ3) is 4.43. The minimum Gasteiger partial charge on any atom is -0.465 e. The molecule has 0 atom stereocenters. The Morgan fingerprint density at radius 3 is 2.76 bits per heavy atom. The van der Waals surface area contributed by atoms with Crippen LogP contribution in [0.1, 0.15) is 48.5 Å². The zero-order chi connectivity index (χ0) is 23.7. The predicted octanol–water partition coefficient (Wildman–Crippen LogP) is 4.24. The van der Waals surface area contributed by atoms with Gasteiger partial charge >= 0.3 is 0 Å². The first-order valence-corrected chi connectivity index (χ1v) is 11.8. The lowest BCUT2D eigenvalue weighted by atomic mass is 9.98. The van der Waals surface area contributed by atoms with Crippen molar-refractivity contribution in [2.45, 2.75) is 38.6 Å². The first-order chi connectivity index (χ1) is 16.5. The first kappa shape index (κ1) is 22.2. The van der Waals surface area contributed by atoms with E-state index in [-0.39, 0.29) is 17.7 Å². The molecule has 7 nitrogen and oxygen atoms in total. The molecule has 34 heavy (non-hydrogen) atoms. The number of amides is 1. The molecule has 1 aromatic carbocycles. The van der Waals surface area contributed by atoms with E-state index in [4.69, 9.17) is 9.47 Å². The van der Waals surface area contributed by atoms with Crippen LogP contribution in [0.2, 0.25) is 0 Å². The number of carbonyl (C=O) groups excluding carboxylic acids is 2. The average molecular weight is 460 g/mol. The van der Waals surface area contributed by atoms with Gasteiger partial charge in [-0.1, -0.05) is 18.2 Å². The minimum absolute atomic E-state index is 0.0506. The summed E-state index contributed by atoms with van der Waals surface area (Å²) in [7, 11) is 2.11. The molecule has 3 aliphatic heterocycles. The topological polar surface area (TPSA) is 79.9 Å². The van der Waals surface area contributed by atoms with Crippen molar-refractivity contribution in [3.05, 3.63) is 82.9 Å². The van der Waals surface area contributed by atoms with Crippen LogP contribution in [0, 0.1) is 0 Å². The number of hydrogen-bond donors (Lipinski definition) is 2. The summed E-state index contributed by atoms with van der Waals surface area (Å²) in [4.78, 5) is 27.6. The Hall–Kier alpha value is -3.58. The SMILES string of the molecule is CC(=O)c1ccc2c(c1)C(=C(NC1CCN(C)CC1)C1=COC=C(C3=CC=CCC3)O1)C(=O)N2. The molecular formula is C27H29N3O4. The molecule has 0 aromatic heterocycles. The van der Waals surface area contributed by atoms with Crippen molar-refractivity contribution in [2.24, 2.45) is 0 Å². The van der Waals surface area contributed by atoms with Gasteiger partial charge in [-0.3, -0.25) is 9.59 Å². The van der Waals surface area contributed by atoms with Gasteiger partial charge < -0.3 is 25.0 Å². The summed E-state index contributed by atoms with van der Waals surface area (Å²) >= 11 is 0. The number of ketones is 1. The lowest BCUT2D eigenvalue weighted by Crippen LogP contribution is -2.41. The largest absolute Gasteiger partial charge is 0.465 e. The summed E-state index contributed by atoms with van der Waals surface area (Å²) in [5.74, 6) is 0.816. The number of nitrogens with one attached hydrogen (secondary N) is 2. The molecule has 1 aromatic rings. The Morgan fingerprint density at radius 2 is 2.03 bits per heavy atom. The maximum Gasteiger partial charge on any atom is 0.258 e. The van der Waals surface area contributed by atoms with E-state index in [0.717, 1.165) is 44.3 Å². The van der Waals surface area contributed by atoms with E-state index in [0.29, 0.717) is 39.6 Å². The van der Waals surface area contributed by atoms with Gasteiger partial charge in [0.1, 0.15) is 12.5 Å². The molecule has 0 spiro atoms. The summed E-state index contributed by atoms with van der Waals surface area (Å²) in [6.07, 6.45) is 13.0. The second kappa shape index (κ2) is 9.35. The van der Waals surface area contributed by atoms with Crippen LogP contribution in [0.4, 0.5) is 5.69 Å². The van der Waals surface area contributed by atoms with E-state index in [1.165, 1.54) is 13.2 Å². The number of carbonyl (C=O) groups is 2. The number of Topliss-reactive ketones (excluding diaryl/α,β-unsaturated/α-hetero) is 1. The highest BCUT2D eigenvalue weighted by Crippen LogP contribution is 2.38. The van der Waals surface area contributed by atoms with E-state index < -0.39 is 0 Å². The van der Waals surface area contributed by atoms with Gasteiger partial charge in [0.2, 0.25) is 0 Å². The molecule has 1 aliphatic carbocycles. The summed E-state index contributed by atoms with van der Waals surface area (Å²) in [6.45, 7) is 3.47. The number of likely N-dealkylation sites (tertiary alicyclic amines) is 1.